The van der Waals surface area contributed by atoms with E-state index in [0.29, 0.717) is 22.4 Å². The smallest absolute Gasteiger partial charge is 0.276 e. The number of amides is 2. The van der Waals surface area contributed by atoms with Crippen LogP contribution < -0.4 is 20.3 Å². The average Bonchev–Trinajstić information content (AvgIpc) is 2.65. The number of nitrogens with zero attached hydrogens (tertiary/aromatic N) is 1. The molecule has 0 saturated carbocycles. The fourth-order valence-corrected chi connectivity index (χ4v) is 2.83. The zero-order valence-electron chi connectivity index (χ0n) is 14.2. The van der Waals surface area contributed by atoms with Crippen LogP contribution in [0.5, 0.6) is 11.5 Å². The first-order valence-electron chi connectivity index (χ1n) is 7.79. The lowest BCUT2D eigenvalue weighted by atomic mass is 10.2. The van der Waals surface area contributed by atoms with Crippen LogP contribution in [0.15, 0.2) is 40.9 Å². The summed E-state index contributed by atoms with van der Waals surface area (Å²) in [5, 5.41) is 9.29. The second-order valence-corrected chi connectivity index (χ2v) is 6.36. The normalized spacial score (nSPS) is 9.85. The lowest BCUT2D eigenvalue weighted by Crippen LogP contribution is -2.43. The Bertz CT molecular complexity index is 899. The monoisotopic (exact) mass is 451 g/mol. The number of ether oxygens (including phenoxy) is 2. The van der Waals surface area contributed by atoms with Gasteiger partial charge in [-0.1, -0.05) is 23.7 Å². The molecule has 2 aromatic carbocycles. The van der Waals surface area contributed by atoms with E-state index in [-0.39, 0.29) is 22.9 Å². The van der Waals surface area contributed by atoms with Crippen LogP contribution in [0.25, 0.3) is 0 Å². The Morgan fingerprint density at radius 3 is 2.63 bits per heavy atom. The fourth-order valence-electron chi connectivity index (χ4n) is 2.05. The van der Waals surface area contributed by atoms with Gasteiger partial charge in [0.1, 0.15) is 0 Å². The van der Waals surface area contributed by atoms with Gasteiger partial charge in [-0.15, -0.1) is 0 Å². The van der Waals surface area contributed by atoms with E-state index >= 15 is 0 Å². The fraction of sp³-hybridized carbons (Fsp3) is 0.167. The molecule has 0 fully saturated rings. The third-order valence-corrected chi connectivity index (χ3v) is 4.14. The van der Waals surface area contributed by atoms with Crippen molar-refractivity contribution in [2.75, 3.05) is 13.2 Å². The Labute approximate surface area is 169 Å². The van der Waals surface area contributed by atoms with Gasteiger partial charge >= 0.3 is 0 Å². The molecule has 27 heavy (non-hydrogen) atoms. The molecule has 2 aromatic rings. The standard InChI is InChI=1S/C18H15BrClN3O4/c1-2-26-15-8-11(9-21)7-13(19)17(15)27-10-16(24)22-23-18(25)12-5-3-4-6-14(12)20/h3-8H,2,10H2,1H3,(H,22,24)(H,23,25). The lowest BCUT2D eigenvalue weighted by molar-refractivity contribution is -0.123. The summed E-state index contributed by atoms with van der Waals surface area (Å²) in [6, 6.07) is 11.5. The lowest BCUT2D eigenvalue weighted by Gasteiger charge is -2.14. The molecule has 0 aliphatic carbocycles. The van der Waals surface area contributed by atoms with E-state index in [2.05, 4.69) is 26.8 Å². The van der Waals surface area contributed by atoms with E-state index in [0.717, 1.165) is 0 Å². The predicted octanol–water partition coefficient (Wildman–Crippen LogP) is 3.21. The molecule has 0 radical (unpaired) electrons. The zero-order valence-corrected chi connectivity index (χ0v) is 16.6. The number of hydrogen-bond acceptors (Lipinski definition) is 5. The zero-order chi connectivity index (χ0) is 19.8. The van der Waals surface area contributed by atoms with Gasteiger partial charge in [0.2, 0.25) is 0 Å². The van der Waals surface area contributed by atoms with Crippen molar-refractivity contribution >= 4 is 39.3 Å². The van der Waals surface area contributed by atoms with Crippen molar-refractivity contribution in [2.45, 2.75) is 6.92 Å². The van der Waals surface area contributed by atoms with Crippen LogP contribution in [0, 0.1) is 11.3 Å². The third-order valence-electron chi connectivity index (χ3n) is 3.22. The molecule has 2 rings (SSSR count). The highest BCUT2D eigenvalue weighted by Crippen LogP contribution is 2.36. The van der Waals surface area contributed by atoms with Gasteiger partial charge < -0.3 is 9.47 Å². The second-order valence-electron chi connectivity index (χ2n) is 5.10. The summed E-state index contributed by atoms with van der Waals surface area (Å²) in [7, 11) is 0. The molecule has 2 N–H and O–H groups in total. The van der Waals surface area contributed by atoms with Gasteiger partial charge in [0, 0.05) is 6.07 Å². The molecule has 0 aliphatic heterocycles. The summed E-state index contributed by atoms with van der Waals surface area (Å²) in [4.78, 5) is 23.9. The van der Waals surface area contributed by atoms with Gasteiger partial charge in [0.25, 0.3) is 11.8 Å². The average molecular weight is 453 g/mol. The Morgan fingerprint density at radius 1 is 1.22 bits per heavy atom. The van der Waals surface area contributed by atoms with Crippen LogP contribution in [0.1, 0.15) is 22.8 Å². The highest BCUT2D eigenvalue weighted by molar-refractivity contribution is 9.10. The van der Waals surface area contributed by atoms with E-state index in [9.17, 15) is 9.59 Å². The van der Waals surface area contributed by atoms with Gasteiger partial charge in [0.05, 0.1) is 33.3 Å². The van der Waals surface area contributed by atoms with Crippen molar-refractivity contribution in [1.82, 2.24) is 10.9 Å². The molecule has 0 aliphatic rings. The predicted molar refractivity (Wildman–Crippen MR) is 103 cm³/mol. The minimum Gasteiger partial charge on any atom is -0.490 e. The molecule has 0 spiro atoms. The SMILES string of the molecule is CCOc1cc(C#N)cc(Br)c1OCC(=O)NNC(=O)c1ccccc1Cl. The van der Waals surface area contributed by atoms with Crippen molar-refractivity contribution in [1.29, 1.82) is 5.26 Å². The molecular weight excluding hydrogens is 438 g/mol. The van der Waals surface area contributed by atoms with Crippen LogP contribution >= 0.6 is 27.5 Å². The van der Waals surface area contributed by atoms with E-state index in [1.807, 2.05) is 6.07 Å². The molecule has 0 heterocycles. The van der Waals surface area contributed by atoms with Gasteiger partial charge in [-0.05, 0) is 41.1 Å². The van der Waals surface area contributed by atoms with Crippen LogP contribution in [-0.2, 0) is 4.79 Å². The highest BCUT2D eigenvalue weighted by Gasteiger charge is 2.15. The first-order valence-corrected chi connectivity index (χ1v) is 8.96. The Hall–Kier alpha value is -2.76. The van der Waals surface area contributed by atoms with Crippen molar-refractivity contribution in [2.24, 2.45) is 0 Å². The Kier molecular flexibility index (Phi) is 7.46. The number of nitrogens with one attached hydrogen (secondary N) is 2. The number of carbonyl (C=O) groups excluding carboxylic acids is 2. The van der Waals surface area contributed by atoms with Gasteiger partial charge in [-0.25, -0.2) is 0 Å². The molecule has 9 heteroatoms. The molecule has 140 valence electrons. The van der Waals surface area contributed by atoms with Crippen LogP contribution in [0.4, 0.5) is 0 Å². The molecule has 0 aromatic heterocycles. The van der Waals surface area contributed by atoms with Crippen molar-refractivity contribution in [3.05, 3.63) is 57.0 Å². The van der Waals surface area contributed by atoms with Crippen LogP contribution in [-0.4, -0.2) is 25.0 Å². The number of hydrazine groups is 1. The maximum absolute atomic E-state index is 12.0. The minimum atomic E-state index is -0.589. The Balaban J connectivity index is 1.97. The molecule has 0 unspecified atom stereocenters. The maximum atomic E-state index is 12.0. The molecule has 2 amide bonds. The highest BCUT2D eigenvalue weighted by atomic mass is 79.9. The van der Waals surface area contributed by atoms with Crippen LogP contribution in [0.3, 0.4) is 0 Å². The van der Waals surface area contributed by atoms with E-state index in [1.54, 1.807) is 31.2 Å². The third kappa shape index (κ3) is 5.61. The number of rotatable bonds is 6. The molecule has 7 nitrogen and oxygen atoms in total. The second kappa shape index (κ2) is 9.80. The van der Waals surface area contributed by atoms with E-state index in [4.69, 9.17) is 26.3 Å². The van der Waals surface area contributed by atoms with E-state index < -0.39 is 11.8 Å². The van der Waals surface area contributed by atoms with Crippen LogP contribution in [0.2, 0.25) is 5.02 Å². The van der Waals surface area contributed by atoms with Gasteiger partial charge in [-0.3, -0.25) is 20.4 Å². The van der Waals surface area contributed by atoms with E-state index in [1.165, 1.54) is 12.1 Å². The summed E-state index contributed by atoms with van der Waals surface area (Å²) >= 11 is 9.21. The van der Waals surface area contributed by atoms with Gasteiger partial charge in [-0.2, -0.15) is 5.26 Å². The summed E-state index contributed by atoms with van der Waals surface area (Å²) in [5.41, 5.74) is 5.11. The first-order chi connectivity index (χ1) is 13.0. The Morgan fingerprint density at radius 2 is 1.96 bits per heavy atom. The van der Waals surface area contributed by atoms with Crippen molar-refractivity contribution in [3.8, 4) is 17.6 Å². The number of carbonyl (C=O) groups is 2. The maximum Gasteiger partial charge on any atom is 0.276 e. The van der Waals surface area contributed by atoms with Gasteiger partial charge in [0.15, 0.2) is 18.1 Å². The van der Waals surface area contributed by atoms with Crippen molar-refractivity contribution in [3.63, 3.8) is 0 Å². The summed E-state index contributed by atoms with van der Waals surface area (Å²) in [6.07, 6.45) is 0. The largest absolute Gasteiger partial charge is 0.490 e. The number of hydrogen-bond donors (Lipinski definition) is 2. The summed E-state index contributed by atoms with van der Waals surface area (Å²) in [6.45, 7) is 1.76. The minimum absolute atomic E-state index is 0.230. The quantitative estimate of drug-likeness (QED) is 0.656. The topological polar surface area (TPSA) is 100 Å². The summed E-state index contributed by atoms with van der Waals surface area (Å²) in [5.74, 6) is -0.530. The molecule has 0 saturated heterocycles. The number of nitriles is 1. The molecular formula is C18H15BrClN3O4. The van der Waals surface area contributed by atoms with Crippen molar-refractivity contribution < 1.29 is 19.1 Å². The number of benzene rings is 2. The molecule has 0 bridgehead atoms. The number of halogens is 2. The first kappa shape index (κ1) is 20.6. The summed E-state index contributed by atoms with van der Waals surface area (Å²) < 4.78 is 11.4. The molecule has 0 atom stereocenters.